The molecule has 0 bridgehead atoms. The van der Waals surface area contributed by atoms with Crippen molar-refractivity contribution in [3.8, 4) is 0 Å². The number of hydrogen-bond acceptors (Lipinski definition) is 2. The van der Waals surface area contributed by atoms with Crippen LogP contribution in [0, 0.1) is 0 Å². The number of amides is 1. The smallest absolute Gasteiger partial charge is 0.263 e. The van der Waals surface area contributed by atoms with Gasteiger partial charge in [-0.25, -0.2) is 0 Å². The molecule has 0 spiro atoms. The molecule has 0 unspecified atom stereocenters. The van der Waals surface area contributed by atoms with E-state index >= 15 is 0 Å². The van der Waals surface area contributed by atoms with Crippen molar-refractivity contribution >= 4 is 41.3 Å². The van der Waals surface area contributed by atoms with Crippen LogP contribution in [0.5, 0.6) is 0 Å². The Hall–Kier alpha value is -0.250. The first-order chi connectivity index (χ1) is 5.65. The molecule has 5 heteroatoms. The van der Waals surface area contributed by atoms with Gasteiger partial charge in [0.2, 0.25) is 0 Å². The fourth-order valence-electron chi connectivity index (χ4n) is 0.761. The minimum atomic E-state index is 0. The third kappa shape index (κ3) is 3.18. The zero-order valence-electron chi connectivity index (χ0n) is 7.41. The maximum absolute atomic E-state index is 11.5. The number of carbonyl (C=O) groups excluding carboxylic acids is 1. The molecule has 0 saturated carbocycles. The molecule has 0 atom stereocenters. The van der Waals surface area contributed by atoms with Gasteiger partial charge in [0, 0.05) is 13.6 Å². The minimum absolute atomic E-state index is 0. The van der Waals surface area contributed by atoms with Crippen LogP contribution >= 0.6 is 35.3 Å². The van der Waals surface area contributed by atoms with Crippen molar-refractivity contribution < 1.29 is 4.79 Å². The summed E-state index contributed by atoms with van der Waals surface area (Å²) in [5.41, 5.74) is 0. The summed E-state index contributed by atoms with van der Waals surface area (Å²) in [6.45, 7) is 2.65. The van der Waals surface area contributed by atoms with E-state index in [0.717, 1.165) is 0 Å². The van der Waals surface area contributed by atoms with E-state index < -0.39 is 0 Å². The van der Waals surface area contributed by atoms with Crippen LogP contribution in [0.1, 0.15) is 16.6 Å². The van der Waals surface area contributed by atoms with Crippen LogP contribution in [0.4, 0.5) is 0 Å². The van der Waals surface area contributed by atoms with E-state index in [1.165, 1.54) is 11.3 Å². The van der Waals surface area contributed by atoms with Crippen molar-refractivity contribution in [2.75, 3.05) is 13.6 Å². The van der Waals surface area contributed by atoms with Crippen molar-refractivity contribution in [3.63, 3.8) is 0 Å². The van der Waals surface area contributed by atoms with E-state index in [1.807, 2.05) is 6.92 Å². The number of hydrogen-bond donors (Lipinski definition) is 0. The monoisotopic (exact) mass is 239 g/mol. The highest BCUT2D eigenvalue weighted by Crippen LogP contribution is 2.22. The van der Waals surface area contributed by atoms with Gasteiger partial charge in [-0.1, -0.05) is 11.6 Å². The van der Waals surface area contributed by atoms with Crippen LogP contribution < -0.4 is 0 Å². The molecular formula is C8H11Cl2NOS. The maximum Gasteiger partial charge on any atom is 0.263 e. The Bertz CT molecular complexity index is 287. The van der Waals surface area contributed by atoms with Crippen LogP contribution in [0.3, 0.4) is 0 Å². The maximum atomic E-state index is 11.5. The third-order valence-electron chi connectivity index (χ3n) is 1.61. The van der Waals surface area contributed by atoms with Gasteiger partial charge in [-0.05, 0) is 19.1 Å². The minimum Gasteiger partial charge on any atom is -0.341 e. The first-order valence-electron chi connectivity index (χ1n) is 3.66. The van der Waals surface area contributed by atoms with E-state index in [2.05, 4.69) is 0 Å². The summed E-state index contributed by atoms with van der Waals surface area (Å²) in [7, 11) is 1.77. The second-order valence-electron chi connectivity index (χ2n) is 2.42. The van der Waals surface area contributed by atoms with Crippen LogP contribution in [0.2, 0.25) is 4.34 Å². The number of rotatable bonds is 2. The molecule has 0 N–H and O–H groups in total. The lowest BCUT2D eigenvalue weighted by molar-refractivity contribution is 0.0807. The molecule has 2 nitrogen and oxygen atoms in total. The molecule has 1 aromatic rings. The van der Waals surface area contributed by atoms with Crippen molar-refractivity contribution in [3.05, 3.63) is 21.3 Å². The topological polar surface area (TPSA) is 20.3 Å². The highest BCUT2D eigenvalue weighted by molar-refractivity contribution is 7.17. The normalized spacial score (nSPS) is 9.15. The molecule has 0 aliphatic rings. The summed E-state index contributed by atoms with van der Waals surface area (Å²) >= 11 is 7.01. The number of halogens is 2. The van der Waals surface area contributed by atoms with Crippen LogP contribution in [0.15, 0.2) is 12.1 Å². The fraction of sp³-hybridized carbons (Fsp3) is 0.375. The summed E-state index contributed by atoms with van der Waals surface area (Å²) in [4.78, 5) is 13.8. The highest BCUT2D eigenvalue weighted by atomic mass is 35.5. The quantitative estimate of drug-likeness (QED) is 0.778. The van der Waals surface area contributed by atoms with Gasteiger partial charge in [-0.3, -0.25) is 4.79 Å². The molecule has 0 fully saturated rings. The zero-order valence-corrected chi connectivity index (χ0v) is 9.80. The van der Waals surface area contributed by atoms with Crippen LogP contribution in [0.25, 0.3) is 0 Å². The van der Waals surface area contributed by atoms with E-state index in [-0.39, 0.29) is 18.3 Å². The van der Waals surface area contributed by atoms with E-state index in [4.69, 9.17) is 11.6 Å². The Morgan fingerprint density at radius 1 is 1.62 bits per heavy atom. The van der Waals surface area contributed by atoms with E-state index in [0.29, 0.717) is 15.8 Å². The Balaban J connectivity index is 0.00000144. The van der Waals surface area contributed by atoms with Gasteiger partial charge in [0.15, 0.2) is 0 Å². The molecule has 0 saturated heterocycles. The second kappa shape index (κ2) is 5.47. The van der Waals surface area contributed by atoms with Crippen LogP contribution in [-0.4, -0.2) is 24.4 Å². The first-order valence-corrected chi connectivity index (χ1v) is 4.85. The average molecular weight is 240 g/mol. The molecule has 0 radical (unpaired) electrons. The SMILES string of the molecule is CCN(C)C(=O)c1ccc(Cl)s1.Cl. The summed E-state index contributed by atoms with van der Waals surface area (Å²) in [5.74, 6) is 0.0365. The Kier molecular flexibility index (Phi) is 5.37. The molecule has 1 amide bonds. The number of carbonyl (C=O) groups is 1. The van der Waals surface area contributed by atoms with Gasteiger partial charge in [0.25, 0.3) is 5.91 Å². The van der Waals surface area contributed by atoms with E-state index in [1.54, 1.807) is 24.1 Å². The Morgan fingerprint density at radius 2 is 2.23 bits per heavy atom. The molecular weight excluding hydrogens is 229 g/mol. The van der Waals surface area contributed by atoms with E-state index in [9.17, 15) is 4.79 Å². The Morgan fingerprint density at radius 3 is 2.62 bits per heavy atom. The summed E-state index contributed by atoms with van der Waals surface area (Å²) in [6.07, 6.45) is 0. The molecule has 1 aromatic heterocycles. The predicted octanol–water partition coefficient (Wildman–Crippen LogP) is 2.92. The van der Waals surface area contributed by atoms with Crippen molar-refractivity contribution in [1.29, 1.82) is 0 Å². The molecule has 1 heterocycles. The van der Waals surface area contributed by atoms with Gasteiger partial charge in [-0.15, -0.1) is 23.7 Å². The molecule has 13 heavy (non-hydrogen) atoms. The first kappa shape index (κ1) is 12.8. The lowest BCUT2D eigenvalue weighted by atomic mass is 10.4. The van der Waals surface area contributed by atoms with Gasteiger partial charge in [0.05, 0.1) is 9.21 Å². The molecule has 0 aliphatic carbocycles. The van der Waals surface area contributed by atoms with Gasteiger partial charge in [0.1, 0.15) is 0 Å². The summed E-state index contributed by atoms with van der Waals surface area (Å²) in [6, 6.07) is 3.49. The molecule has 0 aromatic carbocycles. The van der Waals surface area contributed by atoms with Gasteiger partial charge < -0.3 is 4.90 Å². The molecule has 1 rings (SSSR count). The van der Waals surface area contributed by atoms with Gasteiger partial charge >= 0.3 is 0 Å². The lowest BCUT2D eigenvalue weighted by Crippen LogP contribution is -2.25. The number of nitrogens with zero attached hydrogens (tertiary/aromatic N) is 1. The summed E-state index contributed by atoms with van der Waals surface area (Å²) < 4.78 is 0.655. The highest BCUT2D eigenvalue weighted by Gasteiger charge is 2.11. The largest absolute Gasteiger partial charge is 0.341 e. The zero-order chi connectivity index (χ0) is 9.14. The summed E-state index contributed by atoms with van der Waals surface area (Å²) in [5, 5.41) is 0. The lowest BCUT2D eigenvalue weighted by Gasteiger charge is -2.12. The van der Waals surface area contributed by atoms with Crippen LogP contribution in [-0.2, 0) is 0 Å². The number of thiophene rings is 1. The fourth-order valence-corrected chi connectivity index (χ4v) is 1.80. The molecule has 74 valence electrons. The Labute approximate surface area is 92.9 Å². The third-order valence-corrected chi connectivity index (χ3v) is 2.82. The predicted molar refractivity (Wildman–Crippen MR) is 59.2 cm³/mol. The van der Waals surface area contributed by atoms with Gasteiger partial charge in [-0.2, -0.15) is 0 Å². The second-order valence-corrected chi connectivity index (χ2v) is 4.14. The van der Waals surface area contributed by atoms with Crippen molar-refractivity contribution in [2.24, 2.45) is 0 Å². The standard InChI is InChI=1S/C8H10ClNOS.ClH/c1-3-10(2)8(11)6-4-5-7(9)12-6;/h4-5H,3H2,1-2H3;1H. The average Bonchev–Trinajstić information content (AvgIpc) is 2.49. The molecule has 0 aliphatic heterocycles. The van der Waals surface area contributed by atoms with Crippen molar-refractivity contribution in [1.82, 2.24) is 4.90 Å². The van der Waals surface area contributed by atoms with Crippen molar-refractivity contribution in [2.45, 2.75) is 6.92 Å².